The van der Waals surface area contributed by atoms with Crippen LogP contribution in [0.4, 0.5) is 0 Å². The van der Waals surface area contributed by atoms with Gasteiger partial charge in [-0.05, 0) is 62.7 Å². The van der Waals surface area contributed by atoms with Crippen LogP contribution < -0.4 is 10.1 Å². The first-order chi connectivity index (χ1) is 10.1. The highest BCUT2D eigenvalue weighted by Crippen LogP contribution is 2.32. The fraction of sp³-hybridized carbons (Fsp3) is 0.333. The topological polar surface area (TPSA) is 21.3 Å². The summed E-state index contributed by atoms with van der Waals surface area (Å²) in [6.45, 7) is 7.41. The standard InChI is InChI=1S/C18H22BrNO/c1-4-10-20-14(3)17-12-15(19)8-9-18(17)21-16-7-5-6-13(2)11-16/h5-9,11-12,14,20H,4,10H2,1-3H3. The number of aryl methyl sites for hydroxylation is 1. The van der Waals surface area contributed by atoms with Crippen molar-refractivity contribution in [3.63, 3.8) is 0 Å². The monoisotopic (exact) mass is 347 g/mol. The van der Waals surface area contributed by atoms with Crippen molar-refractivity contribution in [2.45, 2.75) is 33.2 Å². The van der Waals surface area contributed by atoms with Crippen LogP contribution in [0.1, 0.15) is 37.4 Å². The Bertz CT molecular complexity index is 598. The SMILES string of the molecule is CCCNC(C)c1cc(Br)ccc1Oc1cccc(C)c1. The number of nitrogens with one attached hydrogen (secondary N) is 1. The number of hydrogen-bond donors (Lipinski definition) is 1. The van der Waals surface area contributed by atoms with Gasteiger partial charge in [0.25, 0.3) is 0 Å². The fourth-order valence-corrected chi connectivity index (χ4v) is 2.61. The Kier molecular flexibility index (Phi) is 5.83. The first kappa shape index (κ1) is 16.1. The van der Waals surface area contributed by atoms with Gasteiger partial charge in [0.05, 0.1) is 0 Å². The van der Waals surface area contributed by atoms with E-state index in [2.05, 4.69) is 60.2 Å². The molecule has 0 saturated carbocycles. The van der Waals surface area contributed by atoms with Crippen molar-refractivity contribution in [1.29, 1.82) is 0 Å². The minimum Gasteiger partial charge on any atom is -0.457 e. The molecule has 3 heteroatoms. The molecule has 0 amide bonds. The minimum atomic E-state index is 0.252. The van der Waals surface area contributed by atoms with Crippen LogP contribution in [0, 0.1) is 6.92 Å². The average molecular weight is 348 g/mol. The fourth-order valence-electron chi connectivity index (χ4n) is 2.23. The zero-order valence-electron chi connectivity index (χ0n) is 12.8. The van der Waals surface area contributed by atoms with E-state index in [4.69, 9.17) is 4.74 Å². The van der Waals surface area contributed by atoms with Gasteiger partial charge in [0, 0.05) is 16.1 Å². The molecule has 1 atom stereocenters. The Hall–Kier alpha value is -1.32. The third kappa shape index (κ3) is 4.58. The lowest BCUT2D eigenvalue weighted by Gasteiger charge is -2.18. The summed E-state index contributed by atoms with van der Waals surface area (Å²) in [5.41, 5.74) is 2.36. The van der Waals surface area contributed by atoms with E-state index in [9.17, 15) is 0 Å². The molecule has 1 N–H and O–H groups in total. The average Bonchev–Trinajstić information content (AvgIpc) is 2.46. The van der Waals surface area contributed by atoms with Crippen molar-refractivity contribution in [2.24, 2.45) is 0 Å². The predicted molar refractivity (Wildman–Crippen MR) is 92.1 cm³/mol. The molecule has 21 heavy (non-hydrogen) atoms. The Morgan fingerprint density at radius 2 is 2.00 bits per heavy atom. The Labute approximate surface area is 135 Å². The molecule has 0 aliphatic carbocycles. The van der Waals surface area contributed by atoms with Gasteiger partial charge in [0.15, 0.2) is 0 Å². The molecule has 0 saturated heterocycles. The smallest absolute Gasteiger partial charge is 0.132 e. The molecule has 0 aliphatic heterocycles. The molecule has 2 nitrogen and oxygen atoms in total. The van der Waals surface area contributed by atoms with E-state index in [0.29, 0.717) is 0 Å². The van der Waals surface area contributed by atoms with Crippen molar-refractivity contribution in [2.75, 3.05) is 6.54 Å². The molecule has 2 rings (SSSR count). The highest BCUT2D eigenvalue weighted by molar-refractivity contribution is 9.10. The summed E-state index contributed by atoms with van der Waals surface area (Å²) in [6.07, 6.45) is 1.12. The third-order valence-corrected chi connectivity index (χ3v) is 3.85. The maximum atomic E-state index is 6.09. The molecule has 1 unspecified atom stereocenters. The van der Waals surface area contributed by atoms with Crippen LogP contribution in [0.2, 0.25) is 0 Å². The largest absolute Gasteiger partial charge is 0.457 e. The molecule has 0 aliphatic rings. The van der Waals surface area contributed by atoms with Crippen LogP contribution in [0.5, 0.6) is 11.5 Å². The summed E-state index contributed by atoms with van der Waals surface area (Å²) < 4.78 is 7.15. The lowest BCUT2D eigenvalue weighted by molar-refractivity contribution is 0.460. The van der Waals surface area contributed by atoms with Crippen molar-refractivity contribution < 1.29 is 4.74 Å². The first-order valence-corrected chi connectivity index (χ1v) is 8.16. The van der Waals surface area contributed by atoms with Crippen molar-refractivity contribution in [3.05, 3.63) is 58.1 Å². The summed E-state index contributed by atoms with van der Waals surface area (Å²) in [4.78, 5) is 0. The number of rotatable bonds is 6. The second-order valence-electron chi connectivity index (χ2n) is 5.28. The lowest BCUT2D eigenvalue weighted by atomic mass is 10.1. The number of benzene rings is 2. The molecule has 112 valence electrons. The maximum absolute atomic E-state index is 6.09. The predicted octanol–water partition coefficient (Wildman–Crippen LogP) is 5.61. The normalized spacial score (nSPS) is 12.2. The summed E-state index contributed by atoms with van der Waals surface area (Å²) in [5.74, 6) is 1.78. The van der Waals surface area contributed by atoms with E-state index in [1.54, 1.807) is 0 Å². The molecule has 2 aromatic carbocycles. The van der Waals surface area contributed by atoms with E-state index in [1.807, 2.05) is 24.3 Å². The van der Waals surface area contributed by atoms with Gasteiger partial charge >= 0.3 is 0 Å². The van der Waals surface area contributed by atoms with E-state index in [0.717, 1.165) is 28.9 Å². The Morgan fingerprint density at radius 1 is 1.19 bits per heavy atom. The number of ether oxygens (including phenoxy) is 1. The Morgan fingerprint density at radius 3 is 2.71 bits per heavy atom. The van der Waals surface area contributed by atoms with Gasteiger partial charge in [-0.25, -0.2) is 0 Å². The van der Waals surface area contributed by atoms with Crippen molar-refractivity contribution in [3.8, 4) is 11.5 Å². The first-order valence-electron chi connectivity index (χ1n) is 7.37. The molecule has 0 heterocycles. The molecule has 0 spiro atoms. The van der Waals surface area contributed by atoms with Gasteiger partial charge in [0.1, 0.15) is 11.5 Å². The molecule has 0 fully saturated rings. The zero-order valence-corrected chi connectivity index (χ0v) is 14.4. The van der Waals surface area contributed by atoms with Gasteiger partial charge in [-0.2, -0.15) is 0 Å². The van der Waals surface area contributed by atoms with E-state index in [1.165, 1.54) is 11.1 Å². The number of hydrogen-bond acceptors (Lipinski definition) is 2. The zero-order chi connectivity index (χ0) is 15.2. The van der Waals surface area contributed by atoms with Gasteiger partial charge in [-0.15, -0.1) is 0 Å². The van der Waals surface area contributed by atoms with Crippen LogP contribution in [-0.4, -0.2) is 6.54 Å². The summed E-state index contributed by atoms with van der Waals surface area (Å²) in [6, 6.07) is 14.5. The van der Waals surface area contributed by atoms with Crippen LogP contribution >= 0.6 is 15.9 Å². The summed E-state index contributed by atoms with van der Waals surface area (Å²) in [7, 11) is 0. The molecule has 0 radical (unpaired) electrons. The second-order valence-corrected chi connectivity index (χ2v) is 6.19. The second kappa shape index (κ2) is 7.62. The molecule has 0 aromatic heterocycles. The summed E-state index contributed by atoms with van der Waals surface area (Å²) >= 11 is 3.55. The number of halogens is 1. The molecular weight excluding hydrogens is 326 g/mol. The van der Waals surface area contributed by atoms with Crippen molar-refractivity contribution in [1.82, 2.24) is 5.32 Å². The highest BCUT2D eigenvalue weighted by atomic mass is 79.9. The Balaban J connectivity index is 2.26. The van der Waals surface area contributed by atoms with Crippen LogP contribution in [0.3, 0.4) is 0 Å². The van der Waals surface area contributed by atoms with Gasteiger partial charge in [-0.3, -0.25) is 0 Å². The van der Waals surface area contributed by atoms with E-state index in [-0.39, 0.29) is 6.04 Å². The van der Waals surface area contributed by atoms with E-state index < -0.39 is 0 Å². The van der Waals surface area contributed by atoms with E-state index >= 15 is 0 Å². The third-order valence-electron chi connectivity index (χ3n) is 3.36. The van der Waals surface area contributed by atoms with Crippen LogP contribution in [0.15, 0.2) is 46.9 Å². The van der Waals surface area contributed by atoms with Crippen LogP contribution in [-0.2, 0) is 0 Å². The van der Waals surface area contributed by atoms with Gasteiger partial charge in [-0.1, -0.05) is 35.0 Å². The summed E-state index contributed by atoms with van der Waals surface area (Å²) in [5, 5.41) is 3.51. The van der Waals surface area contributed by atoms with Gasteiger partial charge in [0.2, 0.25) is 0 Å². The lowest BCUT2D eigenvalue weighted by Crippen LogP contribution is -2.19. The highest BCUT2D eigenvalue weighted by Gasteiger charge is 2.12. The maximum Gasteiger partial charge on any atom is 0.132 e. The van der Waals surface area contributed by atoms with Crippen molar-refractivity contribution >= 4 is 15.9 Å². The molecule has 2 aromatic rings. The molecule has 0 bridgehead atoms. The molecular formula is C18H22BrNO. The van der Waals surface area contributed by atoms with Crippen LogP contribution in [0.25, 0.3) is 0 Å². The van der Waals surface area contributed by atoms with Gasteiger partial charge < -0.3 is 10.1 Å². The quantitative estimate of drug-likeness (QED) is 0.733. The minimum absolute atomic E-state index is 0.252.